The minimum Gasteiger partial charge on any atom is -0.370 e. The number of nitrogens with one attached hydrogen (secondary N) is 2. The van der Waals surface area contributed by atoms with Crippen LogP contribution in [0.3, 0.4) is 0 Å². The molecule has 0 amide bonds. The number of halogens is 3. The molecule has 2 aromatic carbocycles. The number of benzene rings is 2. The minimum absolute atomic E-state index is 0.0352. The molecular weight excluding hydrogens is 641 g/mol. The first kappa shape index (κ1) is 40.3. The Hall–Kier alpha value is -4.16. The Morgan fingerprint density at radius 1 is 0.940 bits per heavy atom. The van der Waals surface area contributed by atoms with Gasteiger partial charge in [-0.2, -0.15) is 18.2 Å². The molecular formula is C38H55F3N8O. The number of hydrogen-bond donors (Lipinski definition) is 5. The second kappa shape index (κ2) is 17.2. The predicted octanol–water partition coefficient (Wildman–Crippen LogP) is 6.52. The van der Waals surface area contributed by atoms with E-state index in [2.05, 4.69) is 47.1 Å². The molecule has 0 aliphatic rings. The van der Waals surface area contributed by atoms with Crippen LogP contribution >= 0.6 is 0 Å². The van der Waals surface area contributed by atoms with Gasteiger partial charge in [0, 0.05) is 41.8 Å². The fourth-order valence-corrected chi connectivity index (χ4v) is 5.30. The van der Waals surface area contributed by atoms with Crippen LogP contribution in [-0.2, 0) is 30.2 Å². The molecule has 1 atom stereocenters. The number of guanidine groups is 1. The van der Waals surface area contributed by atoms with Crippen molar-refractivity contribution < 1.29 is 13.2 Å². The number of aromatic amines is 1. The Bertz CT molecular complexity index is 1750. The Morgan fingerprint density at radius 2 is 1.60 bits per heavy atom. The van der Waals surface area contributed by atoms with Crippen molar-refractivity contribution in [3.63, 3.8) is 0 Å². The van der Waals surface area contributed by atoms with Crippen molar-refractivity contribution in [2.24, 2.45) is 22.2 Å². The molecule has 0 saturated heterocycles. The first-order valence-electron chi connectivity index (χ1n) is 17.2. The summed E-state index contributed by atoms with van der Waals surface area (Å²) in [5.41, 5.74) is 21.7. The van der Waals surface area contributed by atoms with Gasteiger partial charge in [-0.25, -0.2) is 4.79 Å². The van der Waals surface area contributed by atoms with Crippen LogP contribution in [0.4, 0.5) is 13.2 Å². The van der Waals surface area contributed by atoms with Crippen LogP contribution in [-0.4, -0.2) is 45.8 Å². The molecule has 0 spiro atoms. The lowest BCUT2D eigenvalue weighted by atomic mass is 9.84. The van der Waals surface area contributed by atoms with Gasteiger partial charge < -0.3 is 27.5 Å². The number of rotatable bonds is 12. The van der Waals surface area contributed by atoms with Crippen molar-refractivity contribution in [1.29, 1.82) is 0 Å². The summed E-state index contributed by atoms with van der Waals surface area (Å²) < 4.78 is 39.5. The van der Waals surface area contributed by atoms with Crippen molar-refractivity contribution in [3.05, 3.63) is 93.2 Å². The molecule has 0 aliphatic carbocycles. The maximum atomic E-state index is 12.6. The molecule has 50 heavy (non-hydrogen) atoms. The zero-order valence-electron chi connectivity index (χ0n) is 30.5. The van der Waals surface area contributed by atoms with Crippen LogP contribution in [0.25, 0.3) is 16.7 Å². The number of aryl methyl sites for hydroxylation is 1. The van der Waals surface area contributed by atoms with Gasteiger partial charge >= 0.3 is 11.9 Å². The molecule has 4 rings (SSSR count). The second-order valence-corrected chi connectivity index (χ2v) is 15.1. The highest BCUT2D eigenvalue weighted by Gasteiger charge is 2.28. The van der Waals surface area contributed by atoms with E-state index >= 15 is 0 Å². The lowest BCUT2D eigenvalue weighted by Crippen LogP contribution is -2.23. The fourth-order valence-electron chi connectivity index (χ4n) is 5.30. The van der Waals surface area contributed by atoms with Crippen LogP contribution in [0.1, 0.15) is 95.7 Å². The summed E-state index contributed by atoms with van der Waals surface area (Å²) in [7, 11) is 0. The number of hydrogen-bond acceptors (Lipinski definition) is 5. The van der Waals surface area contributed by atoms with E-state index in [1.807, 2.05) is 64.2 Å². The molecule has 4 aromatic rings. The van der Waals surface area contributed by atoms with Crippen molar-refractivity contribution >= 4 is 17.0 Å². The van der Waals surface area contributed by atoms with Crippen LogP contribution < -0.4 is 28.2 Å². The quantitative estimate of drug-likeness (QED) is 0.0646. The van der Waals surface area contributed by atoms with Gasteiger partial charge in [0.2, 0.25) is 0 Å². The van der Waals surface area contributed by atoms with Gasteiger partial charge in [-0.15, -0.1) is 0 Å². The van der Waals surface area contributed by atoms with Gasteiger partial charge in [0.15, 0.2) is 5.96 Å². The SMILES string of the molecule is CC(C)(C)c1cc2cn(-c3ccc(CNCCCN=C(N)N)cc3)c(=O)nc2[nH]1.C[C@H](N)CCCc1cc(CC(F)(F)F)cc(C(C)(C)C)c1. The third-order valence-corrected chi connectivity index (χ3v) is 8.11. The largest absolute Gasteiger partial charge is 0.393 e. The van der Waals surface area contributed by atoms with Crippen molar-refractivity contribution in [1.82, 2.24) is 19.9 Å². The number of fused-ring (bicyclic) bond motifs is 1. The van der Waals surface area contributed by atoms with Crippen molar-refractivity contribution in [2.75, 3.05) is 13.1 Å². The fraction of sp³-hybridized carbons (Fsp3) is 0.500. The molecule has 12 heteroatoms. The molecule has 0 fully saturated rings. The van der Waals surface area contributed by atoms with Crippen LogP contribution in [0, 0.1) is 0 Å². The van der Waals surface area contributed by atoms with Crippen molar-refractivity contribution in [3.8, 4) is 5.69 Å². The average molecular weight is 697 g/mol. The summed E-state index contributed by atoms with van der Waals surface area (Å²) in [6, 6.07) is 15.5. The number of H-pyrrole nitrogens is 1. The van der Waals surface area contributed by atoms with E-state index in [1.54, 1.807) is 16.7 Å². The average Bonchev–Trinajstić information content (AvgIpc) is 3.41. The summed E-state index contributed by atoms with van der Waals surface area (Å²) in [4.78, 5) is 23.9. The molecule has 0 bridgehead atoms. The van der Waals surface area contributed by atoms with E-state index in [9.17, 15) is 18.0 Å². The number of nitrogens with two attached hydrogens (primary N) is 3. The number of nitrogens with zero attached hydrogens (tertiary/aromatic N) is 3. The number of aliphatic imine (C=N–C) groups is 1. The highest BCUT2D eigenvalue weighted by molar-refractivity contribution is 5.76. The van der Waals surface area contributed by atoms with E-state index in [4.69, 9.17) is 17.2 Å². The molecule has 0 unspecified atom stereocenters. The minimum atomic E-state index is -4.17. The maximum Gasteiger partial charge on any atom is 0.393 e. The zero-order valence-corrected chi connectivity index (χ0v) is 30.5. The highest BCUT2D eigenvalue weighted by atomic mass is 19.4. The van der Waals surface area contributed by atoms with E-state index in [0.29, 0.717) is 17.8 Å². The lowest BCUT2D eigenvalue weighted by Gasteiger charge is -2.22. The van der Waals surface area contributed by atoms with Crippen LogP contribution in [0.15, 0.2) is 64.5 Å². The Kier molecular flexibility index (Phi) is 13.8. The maximum absolute atomic E-state index is 12.6. The molecule has 2 aromatic heterocycles. The molecule has 8 N–H and O–H groups in total. The first-order valence-corrected chi connectivity index (χ1v) is 17.2. The third-order valence-electron chi connectivity index (χ3n) is 8.11. The van der Waals surface area contributed by atoms with E-state index in [-0.39, 0.29) is 28.5 Å². The second-order valence-electron chi connectivity index (χ2n) is 15.1. The lowest BCUT2D eigenvalue weighted by molar-refractivity contribution is -0.127. The molecule has 274 valence electrons. The van der Waals surface area contributed by atoms with Crippen molar-refractivity contribution in [2.45, 2.75) is 110 Å². The highest BCUT2D eigenvalue weighted by Crippen LogP contribution is 2.29. The molecule has 0 saturated carbocycles. The van der Waals surface area contributed by atoms with Gasteiger partial charge in [-0.1, -0.05) is 71.9 Å². The smallest absolute Gasteiger partial charge is 0.370 e. The monoisotopic (exact) mass is 696 g/mol. The van der Waals surface area contributed by atoms with Gasteiger partial charge in [0.25, 0.3) is 0 Å². The zero-order chi connectivity index (χ0) is 37.3. The summed E-state index contributed by atoms with van der Waals surface area (Å²) >= 11 is 0. The standard InChI is InChI=1S/C21H29N7O.C17H26F3N/c1-21(2,3)17-11-15-13-28(20(29)27-18(15)26-17)16-7-5-14(6-8-16)12-24-9-4-10-25-19(22)23;1-12(21)6-5-7-13-8-14(11-17(18,19)20)10-15(9-13)16(2,3)4/h5-8,11,13,24H,4,9-10,12H2,1-3H3,(H4,22,23,25)(H,26,27,29);8-10,12H,5-7,11,21H2,1-4H3/t;12-/m.0/s1. The molecule has 9 nitrogen and oxygen atoms in total. The molecule has 0 aliphatic heterocycles. The number of aromatic nitrogens is 3. The summed E-state index contributed by atoms with van der Waals surface area (Å²) in [5.74, 6) is 0.123. The summed E-state index contributed by atoms with van der Waals surface area (Å²) in [5, 5.41) is 4.27. The van der Waals surface area contributed by atoms with Gasteiger partial charge in [0.1, 0.15) is 5.65 Å². The van der Waals surface area contributed by atoms with E-state index < -0.39 is 12.6 Å². The third kappa shape index (κ3) is 13.3. The Labute approximate surface area is 294 Å². The number of alkyl halides is 3. The first-order chi connectivity index (χ1) is 23.2. The van der Waals surface area contributed by atoms with Gasteiger partial charge in [0.05, 0.1) is 12.1 Å². The van der Waals surface area contributed by atoms with E-state index in [0.717, 1.165) is 72.2 Å². The van der Waals surface area contributed by atoms with Gasteiger partial charge in [-0.3, -0.25) is 9.56 Å². The topological polar surface area (TPSA) is 153 Å². The Balaban J connectivity index is 0.000000286. The summed E-state index contributed by atoms with van der Waals surface area (Å²) in [6.07, 6.45) is 0.232. The van der Waals surface area contributed by atoms with Gasteiger partial charge in [-0.05, 0) is 85.0 Å². The predicted molar refractivity (Wildman–Crippen MR) is 199 cm³/mol. The Morgan fingerprint density at radius 3 is 2.18 bits per heavy atom. The van der Waals surface area contributed by atoms with Crippen LogP contribution in [0.2, 0.25) is 0 Å². The normalized spacial score (nSPS) is 12.8. The van der Waals surface area contributed by atoms with Crippen LogP contribution in [0.5, 0.6) is 0 Å². The van der Waals surface area contributed by atoms with E-state index in [1.165, 1.54) is 0 Å². The molecule has 0 radical (unpaired) electrons. The summed E-state index contributed by atoms with van der Waals surface area (Å²) in [6.45, 7) is 16.5. The molecule has 2 heterocycles.